The number of nitrogens with zero attached hydrogens (tertiary/aromatic N) is 5. The molecule has 0 unspecified atom stereocenters. The molecule has 7 heteroatoms. The van der Waals surface area contributed by atoms with E-state index >= 15 is 0 Å². The molecule has 0 aliphatic rings. The first-order valence-corrected chi connectivity index (χ1v) is 5.73. The molecular weight excluding hydrogens is 248 g/mol. The lowest BCUT2D eigenvalue weighted by Crippen LogP contribution is -2.15. The maximum absolute atomic E-state index is 5.69. The number of aromatic nitrogens is 5. The highest BCUT2D eigenvalue weighted by Crippen LogP contribution is 2.15. The predicted molar refractivity (Wildman–Crippen MR) is 70.7 cm³/mol. The van der Waals surface area contributed by atoms with Crippen LogP contribution < -0.4 is 5.73 Å². The highest BCUT2D eigenvalue weighted by atomic mass is 32.1. The third kappa shape index (κ3) is 1.48. The van der Waals surface area contributed by atoms with Crippen LogP contribution in [0.3, 0.4) is 0 Å². The normalized spacial score (nSPS) is 10.9. The van der Waals surface area contributed by atoms with E-state index in [2.05, 4.69) is 15.2 Å². The van der Waals surface area contributed by atoms with Gasteiger partial charge >= 0.3 is 0 Å². The molecule has 3 aromatic heterocycles. The Balaban J connectivity index is 2.32. The van der Waals surface area contributed by atoms with Crippen molar-refractivity contribution in [3.8, 4) is 5.82 Å². The van der Waals surface area contributed by atoms with Gasteiger partial charge in [0.25, 0.3) is 0 Å². The number of rotatable bonds is 2. The molecule has 0 aromatic carbocycles. The first-order chi connectivity index (χ1) is 8.68. The SMILES string of the molecule is Cc1nnc2c(-n3cccc3C(N)=S)nccn12. The fourth-order valence-electron chi connectivity index (χ4n) is 1.86. The summed E-state index contributed by atoms with van der Waals surface area (Å²) in [4.78, 5) is 4.65. The van der Waals surface area contributed by atoms with Gasteiger partial charge in [-0.25, -0.2) is 4.98 Å². The first kappa shape index (κ1) is 10.8. The van der Waals surface area contributed by atoms with E-state index < -0.39 is 0 Å². The molecule has 3 heterocycles. The van der Waals surface area contributed by atoms with Gasteiger partial charge in [-0.05, 0) is 19.1 Å². The second kappa shape index (κ2) is 3.88. The molecule has 3 rings (SSSR count). The fraction of sp³-hybridized carbons (Fsp3) is 0.0909. The van der Waals surface area contributed by atoms with Crippen molar-refractivity contribution in [2.24, 2.45) is 5.73 Å². The van der Waals surface area contributed by atoms with Crippen LogP contribution in [0.25, 0.3) is 11.5 Å². The third-order valence-electron chi connectivity index (χ3n) is 2.71. The zero-order valence-corrected chi connectivity index (χ0v) is 10.4. The summed E-state index contributed by atoms with van der Waals surface area (Å²) in [6.45, 7) is 1.88. The zero-order chi connectivity index (χ0) is 12.7. The molecule has 3 aromatic rings. The van der Waals surface area contributed by atoms with Gasteiger partial charge in [0.15, 0.2) is 5.82 Å². The minimum Gasteiger partial charge on any atom is -0.388 e. The van der Waals surface area contributed by atoms with Crippen LogP contribution in [0, 0.1) is 6.92 Å². The molecule has 18 heavy (non-hydrogen) atoms. The molecule has 0 aliphatic heterocycles. The van der Waals surface area contributed by atoms with Gasteiger partial charge in [0.2, 0.25) is 5.65 Å². The Kier molecular flexibility index (Phi) is 2.34. The van der Waals surface area contributed by atoms with Crippen LogP contribution in [0.5, 0.6) is 0 Å². The van der Waals surface area contributed by atoms with Crippen LogP contribution in [-0.2, 0) is 0 Å². The molecule has 0 amide bonds. The van der Waals surface area contributed by atoms with E-state index in [1.54, 1.807) is 6.20 Å². The molecule has 0 saturated carbocycles. The first-order valence-electron chi connectivity index (χ1n) is 5.32. The molecule has 0 atom stereocenters. The Morgan fingerprint density at radius 1 is 1.33 bits per heavy atom. The topological polar surface area (TPSA) is 74.0 Å². The predicted octanol–water partition coefficient (Wildman–Crippen LogP) is 0.858. The smallest absolute Gasteiger partial charge is 0.204 e. The molecule has 6 nitrogen and oxygen atoms in total. The number of fused-ring (bicyclic) bond motifs is 1. The van der Waals surface area contributed by atoms with Crippen LogP contribution in [0.2, 0.25) is 0 Å². The standard InChI is InChI=1S/C11H10N6S/c1-7-14-15-11-10(13-4-6-16(7)11)17-5-2-3-8(17)9(12)18/h2-6H,1H3,(H2,12,18). The summed E-state index contributed by atoms with van der Waals surface area (Å²) in [7, 11) is 0. The van der Waals surface area contributed by atoms with Crippen molar-refractivity contribution in [2.45, 2.75) is 6.92 Å². The quantitative estimate of drug-likeness (QED) is 0.690. The second-order valence-corrected chi connectivity index (χ2v) is 4.26. The van der Waals surface area contributed by atoms with Gasteiger partial charge in [0.1, 0.15) is 10.8 Å². The van der Waals surface area contributed by atoms with Gasteiger partial charge in [-0.3, -0.25) is 8.97 Å². The zero-order valence-electron chi connectivity index (χ0n) is 9.61. The molecule has 2 N–H and O–H groups in total. The van der Waals surface area contributed by atoms with Crippen molar-refractivity contribution in [2.75, 3.05) is 0 Å². The van der Waals surface area contributed by atoms with Gasteiger partial charge in [-0.2, -0.15) is 0 Å². The highest BCUT2D eigenvalue weighted by molar-refractivity contribution is 7.80. The summed E-state index contributed by atoms with van der Waals surface area (Å²) in [5.74, 6) is 1.46. The van der Waals surface area contributed by atoms with Gasteiger partial charge in [0.05, 0.1) is 5.69 Å². The van der Waals surface area contributed by atoms with E-state index in [0.717, 1.165) is 11.5 Å². The van der Waals surface area contributed by atoms with Crippen LogP contribution >= 0.6 is 12.2 Å². The summed E-state index contributed by atoms with van der Waals surface area (Å²) in [5.41, 5.74) is 7.08. The number of hydrogen-bond acceptors (Lipinski definition) is 4. The molecule has 0 radical (unpaired) electrons. The number of nitrogens with two attached hydrogens (primary N) is 1. The van der Waals surface area contributed by atoms with Crippen molar-refractivity contribution in [1.82, 2.24) is 24.1 Å². The molecular formula is C11H10N6S. The van der Waals surface area contributed by atoms with Crippen molar-refractivity contribution >= 4 is 22.9 Å². The fourth-order valence-corrected chi connectivity index (χ4v) is 2.03. The maximum atomic E-state index is 5.69. The van der Waals surface area contributed by atoms with Gasteiger partial charge in [-0.15, -0.1) is 10.2 Å². The largest absolute Gasteiger partial charge is 0.388 e. The van der Waals surface area contributed by atoms with Crippen molar-refractivity contribution in [3.05, 3.63) is 42.2 Å². The Morgan fingerprint density at radius 2 is 2.17 bits per heavy atom. The second-order valence-electron chi connectivity index (χ2n) is 3.82. The molecule has 0 fully saturated rings. The minimum atomic E-state index is 0.319. The van der Waals surface area contributed by atoms with Gasteiger partial charge < -0.3 is 5.73 Å². The summed E-state index contributed by atoms with van der Waals surface area (Å²) in [5, 5.41) is 8.16. The number of hydrogen-bond donors (Lipinski definition) is 1. The lowest BCUT2D eigenvalue weighted by Gasteiger charge is -2.07. The summed E-state index contributed by atoms with van der Waals surface area (Å²) in [6, 6.07) is 3.71. The van der Waals surface area contributed by atoms with Gasteiger partial charge in [0, 0.05) is 18.6 Å². The van der Waals surface area contributed by atoms with Crippen LogP contribution in [0.1, 0.15) is 11.5 Å². The van der Waals surface area contributed by atoms with Crippen molar-refractivity contribution in [3.63, 3.8) is 0 Å². The average molecular weight is 258 g/mol. The van der Waals surface area contributed by atoms with E-state index in [1.807, 2.05) is 40.4 Å². The highest BCUT2D eigenvalue weighted by Gasteiger charge is 2.12. The summed E-state index contributed by atoms with van der Waals surface area (Å²) >= 11 is 5.02. The van der Waals surface area contributed by atoms with E-state index in [4.69, 9.17) is 18.0 Å². The Labute approximate surface area is 108 Å². The number of thiocarbonyl (C=S) groups is 1. The molecule has 0 aliphatic carbocycles. The average Bonchev–Trinajstić information content (AvgIpc) is 2.96. The minimum absolute atomic E-state index is 0.319. The number of aryl methyl sites for hydroxylation is 1. The summed E-state index contributed by atoms with van der Waals surface area (Å²) in [6.07, 6.45) is 5.36. The molecule has 0 bridgehead atoms. The molecule has 0 saturated heterocycles. The monoisotopic (exact) mass is 258 g/mol. The van der Waals surface area contributed by atoms with E-state index in [0.29, 0.717) is 16.5 Å². The Hall–Kier alpha value is -2.28. The van der Waals surface area contributed by atoms with E-state index in [-0.39, 0.29) is 0 Å². The Morgan fingerprint density at radius 3 is 2.94 bits per heavy atom. The summed E-state index contributed by atoms with van der Waals surface area (Å²) < 4.78 is 3.68. The third-order valence-corrected chi connectivity index (χ3v) is 2.92. The Bertz CT molecular complexity index is 741. The van der Waals surface area contributed by atoms with Crippen molar-refractivity contribution in [1.29, 1.82) is 0 Å². The van der Waals surface area contributed by atoms with Gasteiger partial charge in [-0.1, -0.05) is 12.2 Å². The van der Waals surface area contributed by atoms with Crippen LogP contribution in [0.15, 0.2) is 30.7 Å². The van der Waals surface area contributed by atoms with Crippen molar-refractivity contribution < 1.29 is 0 Å². The molecule has 0 spiro atoms. The van der Waals surface area contributed by atoms with E-state index in [9.17, 15) is 0 Å². The van der Waals surface area contributed by atoms with Crippen LogP contribution in [0.4, 0.5) is 0 Å². The van der Waals surface area contributed by atoms with E-state index in [1.165, 1.54) is 0 Å². The maximum Gasteiger partial charge on any atom is 0.204 e. The lowest BCUT2D eigenvalue weighted by atomic mass is 10.4. The lowest BCUT2D eigenvalue weighted by molar-refractivity contribution is 0.960. The molecule has 90 valence electrons. The van der Waals surface area contributed by atoms with Crippen LogP contribution in [-0.4, -0.2) is 29.1 Å².